The lowest BCUT2D eigenvalue weighted by molar-refractivity contribution is 0.604. The van der Waals surface area contributed by atoms with Crippen molar-refractivity contribution in [3.8, 4) is 0 Å². The summed E-state index contributed by atoms with van der Waals surface area (Å²) in [4.78, 5) is 4.43. The second-order valence-corrected chi connectivity index (χ2v) is 5.81. The van der Waals surface area contributed by atoms with E-state index >= 15 is 0 Å². The molecule has 0 unspecified atom stereocenters. The summed E-state index contributed by atoms with van der Waals surface area (Å²) in [5.74, 6) is 0. The molecule has 2 aromatic heterocycles. The second-order valence-electron chi connectivity index (χ2n) is 5.81. The van der Waals surface area contributed by atoms with Crippen molar-refractivity contribution in [1.82, 2.24) is 4.98 Å². The van der Waals surface area contributed by atoms with E-state index in [9.17, 15) is 0 Å². The molecule has 0 radical (unpaired) electrons. The number of aryl methyl sites for hydroxylation is 2. The van der Waals surface area contributed by atoms with E-state index in [1.54, 1.807) is 6.26 Å². The zero-order valence-electron chi connectivity index (χ0n) is 12.3. The van der Waals surface area contributed by atoms with Gasteiger partial charge in [-0.3, -0.25) is 0 Å². The molecule has 3 heteroatoms. The molecule has 0 aliphatic rings. The van der Waals surface area contributed by atoms with E-state index in [0.29, 0.717) is 0 Å². The van der Waals surface area contributed by atoms with Crippen molar-refractivity contribution in [1.29, 1.82) is 0 Å². The van der Waals surface area contributed by atoms with Gasteiger partial charge in [-0.15, -0.1) is 0 Å². The predicted molar refractivity (Wildman–Crippen MR) is 88.3 cm³/mol. The number of hydrogen-bond acceptors (Lipinski definition) is 3. The highest BCUT2D eigenvalue weighted by Gasteiger charge is 2.18. The second kappa shape index (κ2) is 3.89. The average molecular weight is 287 g/mol. The number of rotatable bonds is 0. The van der Waals surface area contributed by atoms with E-state index < -0.39 is 0 Å². The highest BCUT2D eigenvalue weighted by molar-refractivity contribution is 6.28. The van der Waals surface area contributed by atoms with Gasteiger partial charge in [0.15, 0.2) is 12.0 Å². The molecule has 3 nitrogen and oxygen atoms in total. The number of nitrogens with zero attached hydrogens (tertiary/aromatic N) is 1. The first kappa shape index (κ1) is 11.8. The molecule has 106 valence electrons. The third-order valence-electron chi connectivity index (χ3n) is 4.53. The number of aromatic nitrogens is 1. The van der Waals surface area contributed by atoms with E-state index in [1.807, 2.05) is 6.92 Å². The lowest BCUT2D eigenvalue weighted by atomic mass is 9.96. The standard InChI is InChI=1S/C19H13NO2/c1-10-4-3-5-13-12(10)6-7-14-16(13)19-17(20-9-22-19)15-11(2)8-21-18(14)15/h3-9H,1-2H3. The van der Waals surface area contributed by atoms with Crippen molar-refractivity contribution in [2.45, 2.75) is 13.8 Å². The minimum absolute atomic E-state index is 0.836. The van der Waals surface area contributed by atoms with Gasteiger partial charge in [0.2, 0.25) is 0 Å². The largest absolute Gasteiger partial charge is 0.463 e. The predicted octanol–water partition coefficient (Wildman–Crippen LogP) is 5.50. The molecule has 22 heavy (non-hydrogen) atoms. The third kappa shape index (κ3) is 1.29. The molecule has 0 spiro atoms. The number of furan rings is 1. The summed E-state index contributed by atoms with van der Waals surface area (Å²) in [5.41, 5.74) is 4.94. The third-order valence-corrected chi connectivity index (χ3v) is 4.53. The fraction of sp³-hybridized carbons (Fsp3) is 0.105. The van der Waals surface area contributed by atoms with Crippen LogP contribution in [0.3, 0.4) is 0 Å². The molecular weight excluding hydrogens is 274 g/mol. The Morgan fingerprint density at radius 3 is 2.55 bits per heavy atom. The molecule has 5 rings (SSSR count). The van der Waals surface area contributed by atoms with Crippen LogP contribution >= 0.6 is 0 Å². The van der Waals surface area contributed by atoms with E-state index in [1.165, 1.54) is 22.7 Å². The molecule has 2 heterocycles. The molecule has 0 aliphatic carbocycles. The lowest BCUT2D eigenvalue weighted by Crippen LogP contribution is -1.84. The highest BCUT2D eigenvalue weighted by atomic mass is 16.3. The Balaban J connectivity index is 2.22. The first-order valence-electron chi connectivity index (χ1n) is 7.30. The summed E-state index contributed by atoms with van der Waals surface area (Å²) in [6.07, 6.45) is 3.31. The van der Waals surface area contributed by atoms with Gasteiger partial charge in [0.25, 0.3) is 0 Å². The molecule has 0 atom stereocenters. The van der Waals surface area contributed by atoms with Gasteiger partial charge >= 0.3 is 0 Å². The van der Waals surface area contributed by atoms with Crippen LogP contribution in [-0.4, -0.2) is 4.98 Å². The number of hydrogen-bond donors (Lipinski definition) is 0. The van der Waals surface area contributed by atoms with Gasteiger partial charge in [0.1, 0.15) is 11.1 Å². The lowest BCUT2D eigenvalue weighted by Gasteiger charge is -2.07. The quantitative estimate of drug-likeness (QED) is 0.353. The van der Waals surface area contributed by atoms with Crippen molar-refractivity contribution >= 4 is 43.6 Å². The molecule has 0 saturated heterocycles. The van der Waals surface area contributed by atoms with E-state index in [4.69, 9.17) is 8.83 Å². The fourth-order valence-electron chi connectivity index (χ4n) is 3.49. The Bertz CT molecular complexity index is 1190. The normalized spacial score (nSPS) is 12.1. The Morgan fingerprint density at radius 1 is 0.773 bits per heavy atom. The van der Waals surface area contributed by atoms with Gasteiger partial charge in [-0.2, -0.15) is 0 Å². The summed E-state index contributed by atoms with van der Waals surface area (Å²) in [5, 5.41) is 5.61. The van der Waals surface area contributed by atoms with Crippen LogP contribution in [0.5, 0.6) is 0 Å². The Labute approximate surface area is 126 Å². The van der Waals surface area contributed by atoms with Gasteiger partial charge in [-0.25, -0.2) is 4.98 Å². The maximum absolute atomic E-state index is 5.84. The van der Waals surface area contributed by atoms with E-state index in [-0.39, 0.29) is 0 Å². The fourth-order valence-corrected chi connectivity index (χ4v) is 3.49. The zero-order chi connectivity index (χ0) is 14.8. The van der Waals surface area contributed by atoms with Gasteiger partial charge < -0.3 is 8.83 Å². The van der Waals surface area contributed by atoms with Crippen LogP contribution in [0.4, 0.5) is 0 Å². The minimum atomic E-state index is 0.836. The number of oxazole rings is 1. The van der Waals surface area contributed by atoms with E-state index in [0.717, 1.165) is 38.4 Å². The summed E-state index contributed by atoms with van der Waals surface area (Å²) >= 11 is 0. The minimum Gasteiger partial charge on any atom is -0.463 e. The van der Waals surface area contributed by atoms with Crippen molar-refractivity contribution in [3.63, 3.8) is 0 Å². The van der Waals surface area contributed by atoms with Crippen molar-refractivity contribution < 1.29 is 8.83 Å². The topological polar surface area (TPSA) is 39.2 Å². The molecule has 3 aromatic carbocycles. The number of benzene rings is 3. The molecule has 0 fully saturated rings. The van der Waals surface area contributed by atoms with Crippen LogP contribution in [0.15, 0.2) is 51.8 Å². The van der Waals surface area contributed by atoms with Crippen LogP contribution in [0, 0.1) is 13.8 Å². The van der Waals surface area contributed by atoms with Crippen molar-refractivity contribution in [2.24, 2.45) is 0 Å². The molecule has 5 aromatic rings. The number of fused-ring (bicyclic) bond motifs is 8. The van der Waals surface area contributed by atoms with E-state index in [2.05, 4.69) is 42.2 Å². The molecule has 0 amide bonds. The van der Waals surface area contributed by atoms with Crippen molar-refractivity contribution in [2.75, 3.05) is 0 Å². The van der Waals surface area contributed by atoms with Gasteiger partial charge in [0.05, 0.1) is 11.6 Å². The van der Waals surface area contributed by atoms with Gasteiger partial charge in [-0.1, -0.05) is 24.3 Å². The Kier molecular flexibility index (Phi) is 2.09. The van der Waals surface area contributed by atoms with Crippen LogP contribution in [0.2, 0.25) is 0 Å². The molecule has 0 saturated carbocycles. The smallest absolute Gasteiger partial charge is 0.182 e. The highest BCUT2D eigenvalue weighted by Crippen LogP contribution is 2.40. The SMILES string of the molecule is Cc1cccc2c1ccc1c3occ(C)c3c3ncoc3c21. The maximum Gasteiger partial charge on any atom is 0.182 e. The van der Waals surface area contributed by atoms with Crippen LogP contribution in [0.1, 0.15) is 11.1 Å². The summed E-state index contributed by atoms with van der Waals surface area (Å²) in [6, 6.07) is 10.6. The van der Waals surface area contributed by atoms with Gasteiger partial charge in [-0.05, 0) is 41.8 Å². The zero-order valence-corrected chi connectivity index (χ0v) is 12.3. The Hall–Kier alpha value is -2.81. The first-order chi connectivity index (χ1) is 10.8. The molecule has 0 aliphatic heterocycles. The summed E-state index contributed by atoms with van der Waals surface area (Å²) < 4.78 is 11.6. The van der Waals surface area contributed by atoms with Gasteiger partial charge in [0, 0.05) is 10.8 Å². The summed E-state index contributed by atoms with van der Waals surface area (Å²) in [7, 11) is 0. The summed E-state index contributed by atoms with van der Waals surface area (Å²) in [6.45, 7) is 4.16. The Morgan fingerprint density at radius 2 is 1.64 bits per heavy atom. The molecule has 0 bridgehead atoms. The van der Waals surface area contributed by atoms with Crippen LogP contribution < -0.4 is 0 Å². The molecular formula is C19H13NO2. The maximum atomic E-state index is 5.84. The monoisotopic (exact) mass is 287 g/mol. The van der Waals surface area contributed by atoms with Crippen molar-refractivity contribution in [3.05, 3.63) is 54.1 Å². The molecule has 0 N–H and O–H groups in total. The first-order valence-corrected chi connectivity index (χ1v) is 7.30. The average Bonchev–Trinajstić information content (AvgIpc) is 3.13. The van der Waals surface area contributed by atoms with Crippen LogP contribution in [0.25, 0.3) is 43.6 Å². The van der Waals surface area contributed by atoms with Crippen LogP contribution in [-0.2, 0) is 0 Å².